The molecule has 0 radical (unpaired) electrons. The molecule has 0 aliphatic rings. The van der Waals surface area contributed by atoms with Crippen LogP contribution in [0, 0.1) is 6.92 Å². The van der Waals surface area contributed by atoms with Gasteiger partial charge in [-0.2, -0.15) is 0 Å². The molecule has 76 valence electrons. The molecule has 0 fully saturated rings. The van der Waals surface area contributed by atoms with E-state index in [-0.39, 0.29) is 0 Å². The maximum Gasteiger partial charge on any atom is 0.134 e. The third-order valence-electron chi connectivity index (χ3n) is 2.19. The van der Waals surface area contributed by atoms with Crippen molar-refractivity contribution in [3.63, 3.8) is 0 Å². The van der Waals surface area contributed by atoms with Crippen molar-refractivity contribution in [2.75, 3.05) is 0 Å². The molecule has 2 rings (SSSR count). The van der Waals surface area contributed by atoms with Gasteiger partial charge in [-0.1, -0.05) is 32.4 Å². The van der Waals surface area contributed by atoms with E-state index in [4.69, 9.17) is 4.42 Å². The molecular weight excluding hydrogens is 172 g/mol. The summed E-state index contributed by atoms with van der Waals surface area (Å²) < 4.78 is 5.39. The molecule has 0 aliphatic heterocycles. The Hall–Kier alpha value is -1.24. The number of furan rings is 1. The zero-order valence-corrected chi connectivity index (χ0v) is 9.42. The Bertz CT molecular complexity index is 399. The molecule has 0 amide bonds. The standard InChI is InChI=1S/C11H12O.C2H6/c1-3-9-7-12-11-5-4-8(2)6-10(9)11;1-2/h4-7H,3H2,1-2H3;1-2H3. The zero-order valence-electron chi connectivity index (χ0n) is 9.42. The largest absolute Gasteiger partial charge is 0.464 e. The van der Waals surface area contributed by atoms with Gasteiger partial charge in [-0.05, 0) is 31.0 Å². The molecule has 0 spiro atoms. The van der Waals surface area contributed by atoms with Crippen LogP contribution in [-0.2, 0) is 6.42 Å². The van der Waals surface area contributed by atoms with Crippen molar-refractivity contribution < 1.29 is 4.42 Å². The number of hydrogen-bond donors (Lipinski definition) is 0. The molecule has 0 aliphatic carbocycles. The highest BCUT2D eigenvalue weighted by molar-refractivity contribution is 5.81. The molecule has 0 unspecified atom stereocenters. The predicted octanol–water partition coefficient (Wildman–Crippen LogP) is 4.33. The second kappa shape index (κ2) is 4.85. The van der Waals surface area contributed by atoms with Gasteiger partial charge in [0.05, 0.1) is 6.26 Å². The summed E-state index contributed by atoms with van der Waals surface area (Å²) in [5.41, 5.74) is 3.59. The fourth-order valence-electron chi connectivity index (χ4n) is 1.47. The summed E-state index contributed by atoms with van der Waals surface area (Å²) in [5, 5.41) is 1.26. The number of hydrogen-bond acceptors (Lipinski definition) is 1. The van der Waals surface area contributed by atoms with Crippen LogP contribution in [0.2, 0.25) is 0 Å². The molecule has 2 aromatic rings. The van der Waals surface area contributed by atoms with Gasteiger partial charge < -0.3 is 4.42 Å². The smallest absolute Gasteiger partial charge is 0.134 e. The average molecular weight is 190 g/mol. The quantitative estimate of drug-likeness (QED) is 0.652. The number of fused-ring (bicyclic) bond motifs is 1. The summed E-state index contributed by atoms with van der Waals surface area (Å²) in [6.45, 7) is 8.25. The maximum atomic E-state index is 5.39. The van der Waals surface area contributed by atoms with Crippen molar-refractivity contribution in [1.29, 1.82) is 0 Å². The van der Waals surface area contributed by atoms with Gasteiger partial charge in [-0.25, -0.2) is 0 Å². The number of aryl methyl sites for hydroxylation is 2. The minimum atomic E-state index is 0.998. The van der Waals surface area contributed by atoms with Crippen LogP contribution in [0.1, 0.15) is 31.9 Å². The summed E-state index contributed by atoms with van der Waals surface area (Å²) in [6.07, 6.45) is 2.89. The zero-order chi connectivity index (χ0) is 10.6. The van der Waals surface area contributed by atoms with Crippen LogP contribution in [0.4, 0.5) is 0 Å². The van der Waals surface area contributed by atoms with Crippen LogP contribution < -0.4 is 0 Å². The molecular formula is C13H18O. The van der Waals surface area contributed by atoms with Gasteiger partial charge in [0, 0.05) is 5.39 Å². The Morgan fingerprint density at radius 2 is 1.93 bits per heavy atom. The summed E-state index contributed by atoms with van der Waals surface area (Å²) in [4.78, 5) is 0. The maximum absolute atomic E-state index is 5.39. The lowest BCUT2D eigenvalue weighted by atomic mass is 10.1. The monoisotopic (exact) mass is 190 g/mol. The lowest BCUT2D eigenvalue weighted by Crippen LogP contribution is -1.76. The van der Waals surface area contributed by atoms with E-state index in [1.54, 1.807) is 0 Å². The van der Waals surface area contributed by atoms with Gasteiger partial charge in [-0.15, -0.1) is 0 Å². The van der Waals surface area contributed by atoms with Crippen molar-refractivity contribution in [3.8, 4) is 0 Å². The molecule has 0 bridgehead atoms. The normalized spacial score (nSPS) is 9.71. The molecule has 0 saturated heterocycles. The van der Waals surface area contributed by atoms with Crippen molar-refractivity contribution in [2.24, 2.45) is 0 Å². The number of rotatable bonds is 1. The first-order chi connectivity index (χ1) is 6.81. The van der Waals surface area contributed by atoms with Gasteiger partial charge in [0.1, 0.15) is 5.58 Å². The first-order valence-electron chi connectivity index (χ1n) is 5.28. The van der Waals surface area contributed by atoms with Crippen LogP contribution in [0.5, 0.6) is 0 Å². The fraction of sp³-hybridized carbons (Fsp3) is 0.385. The molecule has 0 saturated carbocycles. The highest BCUT2D eigenvalue weighted by Gasteiger charge is 2.02. The molecule has 1 aromatic carbocycles. The Kier molecular flexibility index (Phi) is 3.75. The molecule has 1 heteroatoms. The van der Waals surface area contributed by atoms with E-state index in [2.05, 4.69) is 26.0 Å². The highest BCUT2D eigenvalue weighted by Crippen LogP contribution is 2.22. The highest BCUT2D eigenvalue weighted by atomic mass is 16.3. The minimum absolute atomic E-state index is 0.998. The van der Waals surface area contributed by atoms with Crippen LogP contribution in [0.15, 0.2) is 28.9 Å². The molecule has 14 heavy (non-hydrogen) atoms. The first kappa shape index (κ1) is 10.8. The second-order valence-corrected chi connectivity index (χ2v) is 3.11. The Morgan fingerprint density at radius 1 is 1.21 bits per heavy atom. The predicted molar refractivity (Wildman–Crippen MR) is 61.7 cm³/mol. The lowest BCUT2D eigenvalue weighted by molar-refractivity contribution is 0.611. The van der Waals surface area contributed by atoms with Gasteiger partial charge in [-0.3, -0.25) is 0 Å². The van der Waals surface area contributed by atoms with Crippen molar-refractivity contribution in [2.45, 2.75) is 34.1 Å². The minimum Gasteiger partial charge on any atom is -0.464 e. The molecule has 0 N–H and O–H groups in total. The van der Waals surface area contributed by atoms with Crippen molar-refractivity contribution >= 4 is 11.0 Å². The number of benzene rings is 1. The van der Waals surface area contributed by atoms with Gasteiger partial charge in [0.25, 0.3) is 0 Å². The molecule has 0 atom stereocenters. The fourth-order valence-corrected chi connectivity index (χ4v) is 1.47. The van der Waals surface area contributed by atoms with Crippen LogP contribution in [0.3, 0.4) is 0 Å². The van der Waals surface area contributed by atoms with E-state index >= 15 is 0 Å². The van der Waals surface area contributed by atoms with E-state index in [9.17, 15) is 0 Å². The van der Waals surface area contributed by atoms with Crippen molar-refractivity contribution in [1.82, 2.24) is 0 Å². The second-order valence-electron chi connectivity index (χ2n) is 3.11. The summed E-state index contributed by atoms with van der Waals surface area (Å²) in [5.74, 6) is 0. The average Bonchev–Trinajstić information content (AvgIpc) is 2.63. The molecule has 1 aromatic heterocycles. The van der Waals surface area contributed by atoms with Gasteiger partial charge in [0.15, 0.2) is 0 Å². The Labute approximate surface area is 85.7 Å². The van der Waals surface area contributed by atoms with Gasteiger partial charge in [0.2, 0.25) is 0 Å². The molecule has 1 heterocycles. The van der Waals surface area contributed by atoms with Crippen molar-refractivity contribution in [3.05, 3.63) is 35.6 Å². The van der Waals surface area contributed by atoms with Crippen LogP contribution in [0.25, 0.3) is 11.0 Å². The SMILES string of the molecule is CC.CCc1coc2ccc(C)cc12. The van der Waals surface area contributed by atoms with Gasteiger partial charge >= 0.3 is 0 Å². The summed E-state index contributed by atoms with van der Waals surface area (Å²) >= 11 is 0. The summed E-state index contributed by atoms with van der Waals surface area (Å²) in [7, 11) is 0. The van der Waals surface area contributed by atoms with E-state index in [0.29, 0.717) is 0 Å². The molecule has 1 nitrogen and oxygen atoms in total. The Balaban J connectivity index is 0.000000461. The van der Waals surface area contributed by atoms with E-state index in [0.717, 1.165) is 12.0 Å². The van der Waals surface area contributed by atoms with Crippen LogP contribution in [-0.4, -0.2) is 0 Å². The first-order valence-corrected chi connectivity index (χ1v) is 5.28. The van der Waals surface area contributed by atoms with E-state index in [1.807, 2.05) is 26.2 Å². The Morgan fingerprint density at radius 3 is 2.57 bits per heavy atom. The third-order valence-corrected chi connectivity index (χ3v) is 2.19. The third kappa shape index (κ3) is 1.98. The topological polar surface area (TPSA) is 13.1 Å². The van der Waals surface area contributed by atoms with E-state index in [1.165, 1.54) is 16.5 Å². The van der Waals surface area contributed by atoms with Crippen LogP contribution >= 0.6 is 0 Å². The summed E-state index contributed by atoms with van der Waals surface area (Å²) in [6, 6.07) is 6.28. The van der Waals surface area contributed by atoms with E-state index < -0.39 is 0 Å². The lowest BCUT2D eigenvalue weighted by Gasteiger charge is -1.93.